The van der Waals surface area contributed by atoms with Gasteiger partial charge in [-0.05, 0) is 31.2 Å². The SMILES string of the molecule is CCCCCCCCCC(NC)c1ccc(F)c(Cl)c1. The smallest absolute Gasteiger partial charge is 0.141 e. The molecule has 0 bridgehead atoms. The summed E-state index contributed by atoms with van der Waals surface area (Å²) in [6.45, 7) is 2.24. The monoisotopic (exact) mass is 299 g/mol. The Labute approximate surface area is 127 Å². The van der Waals surface area contributed by atoms with Crippen LogP contribution in [-0.2, 0) is 0 Å². The second-order valence-electron chi connectivity index (χ2n) is 5.42. The number of halogens is 2. The number of hydrogen-bond donors (Lipinski definition) is 1. The molecule has 1 aromatic carbocycles. The van der Waals surface area contributed by atoms with Crippen LogP contribution >= 0.6 is 11.6 Å². The minimum Gasteiger partial charge on any atom is -0.313 e. The van der Waals surface area contributed by atoms with Crippen molar-refractivity contribution in [3.63, 3.8) is 0 Å². The molecule has 0 aliphatic heterocycles. The maximum absolute atomic E-state index is 13.2. The van der Waals surface area contributed by atoms with Crippen LogP contribution in [0.2, 0.25) is 5.02 Å². The average molecular weight is 300 g/mol. The third-order valence-corrected chi connectivity index (χ3v) is 4.08. The van der Waals surface area contributed by atoms with Crippen LogP contribution < -0.4 is 5.32 Å². The highest BCUT2D eigenvalue weighted by atomic mass is 35.5. The molecule has 1 unspecified atom stereocenters. The van der Waals surface area contributed by atoms with Crippen LogP contribution in [0, 0.1) is 5.82 Å². The molecular weight excluding hydrogens is 273 g/mol. The first-order valence-corrected chi connectivity index (χ1v) is 8.19. The standard InChI is InChI=1S/C17H27ClFN/c1-3-4-5-6-7-8-9-10-17(20-2)14-11-12-16(19)15(18)13-14/h11-13,17,20H,3-10H2,1-2H3. The molecule has 0 fully saturated rings. The van der Waals surface area contributed by atoms with Crippen molar-refractivity contribution >= 4 is 11.6 Å². The molecule has 0 radical (unpaired) electrons. The van der Waals surface area contributed by atoms with Crippen LogP contribution in [0.3, 0.4) is 0 Å². The Morgan fingerprint density at radius 2 is 1.75 bits per heavy atom. The van der Waals surface area contributed by atoms with Gasteiger partial charge in [0.1, 0.15) is 5.82 Å². The fourth-order valence-electron chi connectivity index (χ4n) is 2.51. The molecule has 1 nitrogen and oxygen atoms in total. The molecule has 1 rings (SSSR count). The van der Waals surface area contributed by atoms with E-state index in [4.69, 9.17) is 11.6 Å². The molecule has 1 aromatic rings. The molecule has 20 heavy (non-hydrogen) atoms. The number of benzene rings is 1. The minimum atomic E-state index is -0.346. The zero-order valence-electron chi connectivity index (χ0n) is 12.7. The zero-order valence-corrected chi connectivity index (χ0v) is 13.5. The molecular formula is C17H27ClFN. The molecule has 0 aliphatic rings. The first-order chi connectivity index (χ1) is 9.69. The molecule has 0 saturated carbocycles. The van der Waals surface area contributed by atoms with E-state index >= 15 is 0 Å². The zero-order chi connectivity index (χ0) is 14.8. The van der Waals surface area contributed by atoms with Gasteiger partial charge in [0.05, 0.1) is 5.02 Å². The summed E-state index contributed by atoms with van der Waals surface area (Å²) in [7, 11) is 1.95. The number of nitrogens with one attached hydrogen (secondary N) is 1. The largest absolute Gasteiger partial charge is 0.313 e. The third-order valence-electron chi connectivity index (χ3n) is 3.79. The highest BCUT2D eigenvalue weighted by molar-refractivity contribution is 6.30. The highest BCUT2D eigenvalue weighted by Crippen LogP contribution is 2.24. The number of hydrogen-bond acceptors (Lipinski definition) is 1. The Morgan fingerprint density at radius 1 is 1.10 bits per heavy atom. The lowest BCUT2D eigenvalue weighted by molar-refractivity contribution is 0.495. The van der Waals surface area contributed by atoms with Crippen molar-refractivity contribution < 1.29 is 4.39 Å². The van der Waals surface area contributed by atoms with Gasteiger partial charge in [-0.1, -0.05) is 69.5 Å². The number of unbranched alkanes of at least 4 members (excludes halogenated alkanes) is 6. The summed E-state index contributed by atoms with van der Waals surface area (Å²) in [6, 6.07) is 5.28. The second kappa shape index (κ2) is 10.2. The van der Waals surface area contributed by atoms with Gasteiger partial charge in [0.15, 0.2) is 0 Å². The highest BCUT2D eigenvalue weighted by Gasteiger charge is 2.10. The van der Waals surface area contributed by atoms with Gasteiger partial charge < -0.3 is 5.32 Å². The van der Waals surface area contributed by atoms with E-state index in [1.807, 2.05) is 13.1 Å². The molecule has 0 saturated heterocycles. The van der Waals surface area contributed by atoms with Crippen LogP contribution in [0.4, 0.5) is 4.39 Å². The topological polar surface area (TPSA) is 12.0 Å². The van der Waals surface area contributed by atoms with Gasteiger partial charge in [-0.2, -0.15) is 0 Å². The fourth-order valence-corrected chi connectivity index (χ4v) is 2.70. The molecule has 0 aromatic heterocycles. The maximum atomic E-state index is 13.2. The Balaban J connectivity index is 2.30. The summed E-state index contributed by atoms with van der Waals surface area (Å²) in [6.07, 6.45) is 10.2. The molecule has 1 N–H and O–H groups in total. The maximum Gasteiger partial charge on any atom is 0.141 e. The van der Waals surface area contributed by atoms with Gasteiger partial charge in [-0.25, -0.2) is 4.39 Å². The van der Waals surface area contributed by atoms with Gasteiger partial charge >= 0.3 is 0 Å². The third kappa shape index (κ3) is 6.23. The molecule has 0 heterocycles. The van der Waals surface area contributed by atoms with Crippen LogP contribution in [0.15, 0.2) is 18.2 Å². The normalized spacial score (nSPS) is 12.6. The molecule has 114 valence electrons. The Hall–Kier alpha value is -0.600. The predicted molar refractivity (Wildman–Crippen MR) is 85.8 cm³/mol. The summed E-state index contributed by atoms with van der Waals surface area (Å²) >= 11 is 5.84. The van der Waals surface area contributed by atoms with Crippen LogP contribution in [0.5, 0.6) is 0 Å². The van der Waals surface area contributed by atoms with Crippen LogP contribution in [0.25, 0.3) is 0 Å². The quantitative estimate of drug-likeness (QED) is 0.532. The Kier molecular flexibility index (Phi) is 8.88. The van der Waals surface area contributed by atoms with Crippen molar-refractivity contribution in [2.45, 2.75) is 64.3 Å². The van der Waals surface area contributed by atoms with Crippen molar-refractivity contribution in [1.82, 2.24) is 5.32 Å². The van der Waals surface area contributed by atoms with Crippen molar-refractivity contribution in [3.05, 3.63) is 34.6 Å². The van der Waals surface area contributed by atoms with Crippen molar-refractivity contribution in [1.29, 1.82) is 0 Å². The summed E-state index contributed by atoms with van der Waals surface area (Å²) in [4.78, 5) is 0. The first kappa shape index (κ1) is 17.5. The van der Waals surface area contributed by atoms with Gasteiger partial charge in [-0.15, -0.1) is 0 Å². The van der Waals surface area contributed by atoms with E-state index in [2.05, 4.69) is 12.2 Å². The summed E-state index contributed by atoms with van der Waals surface area (Å²) in [5.74, 6) is -0.346. The van der Waals surface area contributed by atoms with E-state index in [0.29, 0.717) is 0 Å². The van der Waals surface area contributed by atoms with Crippen molar-refractivity contribution in [2.75, 3.05) is 7.05 Å². The Morgan fingerprint density at radius 3 is 2.35 bits per heavy atom. The second-order valence-corrected chi connectivity index (χ2v) is 5.83. The van der Waals surface area contributed by atoms with E-state index in [1.165, 1.54) is 51.0 Å². The van der Waals surface area contributed by atoms with Gasteiger partial charge in [0.25, 0.3) is 0 Å². The molecule has 0 amide bonds. The van der Waals surface area contributed by atoms with E-state index in [1.54, 1.807) is 6.07 Å². The lowest BCUT2D eigenvalue weighted by atomic mass is 9.99. The van der Waals surface area contributed by atoms with E-state index in [0.717, 1.165) is 12.0 Å². The summed E-state index contributed by atoms with van der Waals surface area (Å²) < 4.78 is 13.2. The van der Waals surface area contributed by atoms with Crippen LogP contribution in [0.1, 0.15) is 69.9 Å². The molecule has 0 spiro atoms. The van der Waals surface area contributed by atoms with Gasteiger partial charge in [0, 0.05) is 6.04 Å². The lowest BCUT2D eigenvalue weighted by Crippen LogP contribution is -2.16. The minimum absolute atomic E-state index is 0.210. The predicted octanol–water partition coefficient (Wildman–Crippen LogP) is 5.88. The van der Waals surface area contributed by atoms with E-state index in [-0.39, 0.29) is 16.9 Å². The first-order valence-electron chi connectivity index (χ1n) is 7.81. The summed E-state index contributed by atoms with van der Waals surface area (Å²) in [5, 5.41) is 3.51. The summed E-state index contributed by atoms with van der Waals surface area (Å²) in [5.41, 5.74) is 1.07. The molecule has 0 aliphatic carbocycles. The fraction of sp³-hybridized carbons (Fsp3) is 0.647. The molecule has 1 atom stereocenters. The number of rotatable bonds is 10. The van der Waals surface area contributed by atoms with Gasteiger partial charge in [0.2, 0.25) is 0 Å². The van der Waals surface area contributed by atoms with Gasteiger partial charge in [-0.3, -0.25) is 0 Å². The lowest BCUT2D eigenvalue weighted by Gasteiger charge is -2.17. The molecule has 3 heteroatoms. The van der Waals surface area contributed by atoms with E-state index < -0.39 is 0 Å². The van der Waals surface area contributed by atoms with Crippen molar-refractivity contribution in [3.8, 4) is 0 Å². The van der Waals surface area contributed by atoms with Crippen molar-refractivity contribution in [2.24, 2.45) is 0 Å². The average Bonchev–Trinajstić information content (AvgIpc) is 2.45. The Bertz CT molecular complexity index is 381. The van der Waals surface area contributed by atoms with Crippen LogP contribution in [-0.4, -0.2) is 7.05 Å². The van der Waals surface area contributed by atoms with E-state index in [9.17, 15) is 4.39 Å².